The van der Waals surface area contributed by atoms with Crippen LogP contribution in [0.1, 0.15) is 13.8 Å². The Labute approximate surface area is 108 Å². The summed E-state index contributed by atoms with van der Waals surface area (Å²) in [6.07, 6.45) is 0. The van der Waals surface area contributed by atoms with Gasteiger partial charge in [-0.15, -0.1) is 0 Å². The van der Waals surface area contributed by atoms with Gasteiger partial charge in [-0.1, -0.05) is 0 Å². The molecule has 0 saturated heterocycles. The number of nitrogens with two attached hydrogens (primary N) is 1. The lowest BCUT2D eigenvalue weighted by atomic mass is 10.3. The molecule has 100 valence electrons. The summed E-state index contributed by atoms with van der Waals surface area (Å²) in [5.74, 6) is 0.751. The van der Waals surface area contributed by atoms with Crippen LogP contribution in [0.25, 0.3) is 0 Å². The highest BCUT2D eigenvalue weighted by Crippen LogP contribution is 2.12. The lowest BCUT2D eigenvalue weighted by Gasteiger charge is -2.19. The van der Waals surface area contributed by atoms with Gasteiger partial charge in [0.25, 0.3) is 0 Å². The lowest BCUT2D eigenvalue weighted by Crippen LogP contribution is -2.41. The predicted octanol–water partition coefficient (Wildman–Crippen LogP) is 1.70. The summed E-state index contributed by atoms with van der Waals surface area (Å²) in [7, 11) is 0. The predicted molar refractivity (Wildman–Crippen MR) is 72.7 cm³/mol. The van der Waals surface area contributed by atoms with Crippen LogP contribution in [0.2, 0.25) is 0 Å². The molecule has 5 heteroatoms. The summed E-state index contributed by atoms with van der Waals surface area (Å²) in [4.78, 5) is 13.3. The minimum absolute atomic E-state index is 0.0547. The molecule has 18 heavy (non-hydrogen) atoms. The number of amides is 2. The highest BCUT2D eigenvalue weighted by molar-refractivity contribution is 5.74. The highest BCUT2D eigenvalue weighted by atomic mass is 16.5. The molecule has 3 N–H and O–H groups in total. The topological polar surface area (TPSA) is 67.6 Å². The van der Waals surface area contributed by atoms with Crippen molar-refractivity contribution in [2.45, 2.75) is 13.8 Å². The first-order chi connectivity index (χ1) is 8.67. The summed E-state index contributed by atoms with van der Waals surface area (Å²) >= 11 is 0. The molecule has 1 aromatic carbocycles. The van der Waals surface area contributed by atoms with Gasteiger partial charge in [-0.3, -0.25) is 0 Å². The number of nitrogens with zero attached hydrogens (tertiary/aromatic N) is 1. The van der Waals surface area contributed by atoms with E-state index in [2.05, 4.69) is 5.32 Å². The first-order valence-electron chi connectivity index (χ1n) is 6.18. The molecule has 0 atom stereocenters. The molecular weight excluding hydrogens is 230 g/mol. The van der Waals surface area contributed by atoms with Crippen molar-refractivity contribution in [3.63, 3.8) is 0 Å². The van der Waals surface area contributed by atoms with Crippen LogP contribution < -0.4 is 15.8 Å². The van der Waals surface area contributed by atoms with E-state index in [1.54, 1.807) is 17.0 Å². The first-order valence-corrected chi connectivity index (χ1v) is 6.18. The summed E-state index contributed by atoms with van der Waals surface area (Å²) in [6, 6.07) is 7.12. The van der Waals surface area contributed by atoms with Gasteiger partial charge in [0.1, 0.15) is 12.4 Å². The fourth-order valence-corrected chi connectivity index (χ4v) is 1.51. The van der Waals surface area contributed by atoms with Crippen molar-refractivity contribution in [1.29, 1.82) is 0 Å². The van der Waals surface area contributed by atoms with E-state index < -0.39 is 0 Å². The quantitative estimate of drug-likeness (QED) is 0.597. The van der Waals surface area contributed by atoms with Gasteiger partial charge < -0.3 is 20.7 Å². The first kappa shape index (κ1) is 14.2. The van der Waals surface area contributed by atoms with Crippen molar-refractivity contribution in [1.82, 2.24) is 10.2 Å². The Bertz CT molecular complexity index is 361. The van der Waals surface area contributed by atoms with Crippen molar-refractivity contribution >= 4 is 11.7 Å². The summed E-state index contributed by atoms with van der Waals surface area (Å²) < 4.78 is 5.47. The molecule has 5 nitrogen and oxygen atoms in total. The Morgan fingerprint density at radius 2 is 1.89 bits per heavy atom. The van der Waals surface area contributed by atoms with Crippen molar-refractivity contribution in [3.05, 3.63) is 24.3 Å². The number of nitrogen functional groups attached to an aromatic ring is 1. The minimum Gasteiger partial charge on any atom is -0.492 e. The largest absolute Gasteiger partial charge is 0.492 e. The van der Waals surface area contributed by atoms with Crippen LogP contribution in [0, 0.1) is 0 Å². The fourth-order valence-electron chi connectivity index (χ4n) is 1.51. The van der Waals surface area contributed by atoms with E-state index in [1.165, 1.54) is 0 Å². The van der Waals surface area contributed by atoms with Gasteiger partial charge in [-0.05, 0) is 38.1 Å². The van der Waals surface area contributed by atoms with Gasteiger partial charge in [0.15, 0.2) is 0 Å². The van der Waals surface area contributed by atoms with Gasteiger partial charge in [-0.25, -0.2) is 4.79 Å². The second-order valence-corrected chi connectivity index (χ2v) is 3.82. The van der Waals surface area contributed by atoms with E-state index in [9.17, 15) is 4.79 Å². The number of carbonyl (C=O) groups excluding carboxylic acids is 1. The molecule has 2 amide bonds. The second-order valence-electron chi connectivity index (χ2n) is 3.82. The maximum Gasteiger partial charge on any atom is 0.317 e. The zero-order chi connectivity index (χ0) is 13.4. The van der Waals surface area contributed by atoms with E-state index in [4.69, 9.17) is 10.5 Å². The molecule has 0 heterocycles. The number of benzene rings is 1. The van der Waals surface area contributed by atoms with Gasteiger partial charge in [0, 0.05) is 18.8 Å². The third kappa shape index (κ3) is 4.53. The van der Waals surface area contributed by atoms with Gasteiger partial charge in [-0.2, -0.15) is 0 Å². The number of hydrogen-bond donors (Lipinski definition) is 2. The fraction of sp³-hybridized carbons (Fsp3) is 0.462. The van der Waals surface area contributed by atoms with Crippen LogP contribution in [0.5, 0.6) is 5.75 Å². The van der Waals surface area contributed by atoms with Crippen LogP contribution in [-0.2, 0) is 0 Å². The Morgan fingerprint density at radius 3 is 2.44 bits per heavy atom. The Hall–Kier alpha value is -1.91. The van der Waals surface area contributed by atoms with Gasteiger partial charge in [0.2, 0.25) is 0 Å². The van der Waals surface area contributed by atoms with Crippen LogP contribution in [0.4, 0.5) is 10.5 Å². The molecule has 0 radical (unpaired) electrons. The third-order valence-corrected chi connectivity index (χ3v) is 2.58. The van der Waals surface area contributed by atoms with Crippen LogP contribution in [-0.4, -0.2) is 37.2 Å². The molecule has 1 aromatic rings. The number of hydrogen-bond acceptors (Lipinski definition) is 3. The number of nitrogens with one attached hydrogen (secondary N) is 1. The molecule has 0 fully saturated rings. The molecule has 0 unspecified atom stereocenters. The number of anilines is 1. The molecule has 1 rings (SSSR count). The van der Waals surface area contributed by atoms with E-state index in [-0.39, 0.29) is 6.03 Å². The zero-order valence-electron chi connectivity index (χ0n) is 11.0. The average molecular weight is 251 g/mol. The van der Waals surface area contributed by atoms with Gasteiger partial charge >= 0.3 is 6.03 Å². The molecule has 0 aliphatic heterocycles. The highest BCUT2D eigenvalue weighted by Gasteiger charge is 2.07. The van der Waals surface area contributed by atoms with E-state index in [0.29, 0.717) is 31.9 Å². The molecule has 0 aliphatic carbocycles. The number of rotatable bonds is 6. The van der Waals surface area contributed by atoms with E-state index in [1.807, 2.05) is 26.0 Å². The normalized spacial score (nSPS) is 9.89. The standard InChI is InChI=1S/C13H21N3O2/c1-3-16(4-2)13(17)15-9-10-18-12-7-5-11(14)6-8-12/h5-8H,3-4,9-10,14H2,1-2H3,(H,15,17). The van der Waals surface area contributed by atoms with E-state index in [0.717, 1.165) is 5.75 Å². The Morgan fingerprint density at radius 1 is 1.28 bits per heavy atom. The van der Waals surface area contributed by atoms with Crippen molar-refractivity contribution in [2.24, 2.45) is 0 Å². The Balaban J connectivity index is 2.22. The SMILES string of the molecule is CCN(CC)C(=O)NCCOc1ccc(N)cc1. The second kappa shape index (κ2) is 7.42. The number of ether oxygens (including phenoxy) is 1. The zero-order valence-corrected chi connectivity index (χ0v) is 11.0. The number of carbonyl (C=O) groups is 1. The van der Waals surface area contributed by atoms with Crippen LogP contribution in [0.15, 0.2) is 24.3 Å². The molecule has 0 saturated carbocycles. The summed E-state index contributed by atoms with van der Waals surface area (Å²) in [5, 5.41) is 2.80. The third-order valence-electron chi connectivity index (χ3n) is 2.58. The molecular formula is C13H21N3O2. The van der Waals surface area contributed by atoms with Crippen molar-refractivity contribution in [3.8, 4) is 5.75 Å². The average Bonchev–Trinajstić information content (AvgIpc) is 2.38. The molecule has 0 aromatic heterocycles. The molecule has 0 spiro atoms. The van der Waals surface area contributed by atoms with Crippen molar-refractivity contribution in [2.75, 3.05) is 32.0 Å². The van der Waals surface area contributed by atoms with Crippen LogP contribution in [0.3, 0.4) is 0 Å². The molecule has 0 bridgehead atoms. The minimum atomic E-state index is -0.0547. The summed E-state index contributed by atoms with van der Waals surface area (Å²) in [6.45, 7) is 6.25. The van der Waals surface area contributed by atoms with Crippen molar-refractivity contribution < 1.29 is 9.53 Å². The van der Waals surface area contributed by atoms with Gasteiger partial charge in [0.05, 0.1) is 6.54 Å². The molecule has 0 aliphatic rings. The Kier molecular flexibility index (Phi) is 5.84. The maximum absolute atomic E-state index is 11.6. The smallest absolute Gasteiger partial charge is 0.317 e. The van der Waals surface area contributed by atoms with E-state index >= 15 is 0 Å². The van der Waals surface area contributed by atoms with Crippen LogP contribution >= 0.6 is 0 Å². The monoisotopic (exact) mass is 251 g/mol. The number of urea groups is 1. The lowest BCUT2D eigenvalue weighted by molar-refractivity contribution is 0.200. The maximum atomic E-state index is 11.6. The summed E-state index contributed by atoms with van der Waals surface area (Å²) in [5.41, 5.74) is 6.27.